The lowest BCUT2D eigenvalue weighted by Crippen LogP contribution is -2.15. The maximum Gasteiger partial charge on any atom is 0.416 e. The van der Waals surface area contributed by atoms with Gasteiger partial charge in [0, 0.05) is 0 Å². The zero-order valence-corrected chi connectivity index (χ0v) is 36.0. The van der Waals surface area contributed by atoms with E-state index in [2.05, 4.69) is 0 Å². The fourth-order valence-corrected chi connectivity index (χ4v) is 9.55. The third-order valence-corrected chi connectivity index (χ3v) is 12.6. The highest BCUT2D eigenvalue weighted by Gasteiger charge is 2.33. The molecule has 12 heteroatoms. The van der Waals surface area contributed by atoms with Crippen LogP contribution in [0.1, 0.15) is 44.5 Å². The Morgan fingerprint density at radius 3 is 0.557 bits per heavy atom. The molecular formula is C58H32F12. The highest BCUT2D eigenvalue weighted by atomic mass is 19.4. The van der Waals surface area contributed by atoms with Crippen molar-refractivity contribution in [2.75, 3.05) is 0 Å². The molecular weight excluding hydrogens is 925 g/mol. The molecule has 0 unspecified atom stereocenters. The van der Waals surface area contributed by atoms with Crippen molar-refractivity contribution in [1.29, 1.82) is 0 Å². The zero-order valence-electron chi connectivity index (χ0n) is 36.0. The number of halogens is 12. The Labute approximate surface area is 390 Å². The van der Waals surface area contributed by atoms with E-state index in [1.165, 1.54) is 48.5 Å². The highest BCUT2D eigenvalue weighted by molar-refractivity contribution is 6.08. The van der Waals surface area contributed by atoms with Gasteiger partial charge >= 0.3 is 24.7 Å². The van der Waals surface area contributed by atoms with E-state index >= 15 is 0 Å². The Bertz CT molecular complexity index is 3380. The lowest BCUT2D eigenvalue weighted by Gasteiger charge is -2.18. The molecule has 0 fully saturated rings. The largest absolute Gasteiger partial charge is 0.416 e. The maximum atomic E-state index is 13.9. The van der Waals surface area contributed by atoms with Gasteiger partial charge in [-0.2, -0.15) is 52.7 Å². The molecule has 0 N–H and O–H groups in total. The van der Waals surface area contributed by atoms with Gasteiger partial charge in [-0.3, -0.25) is 0 Å². The first-order chi connectivity index (χ1) is 33.3. The van der Waals surface area contributed by atoms with E-state index in [0.717, 1.165) is 59.0 Å². The molecule has 348 valence electrons. The number of hydrogen-bond donors (Lipinski definition) is 0. The quantitative estimate of drug-likeness (QED) is 0.122. The minimum Gasteiger partial charge on any atom is -0.166 e. The van der Waals surface area contributed by atoms with Gasteiger partial charge in [0.2, 0.25) is 0 Å². The molecule has 10 aromatic rings. The summed E-state index contributed by atoms with van der Waals surface area (Å²) < 4.78 is 167. The summed E-state index contributed by atoms with van der Waals surface area (Å²) in [6, 6.07) is 47.2. The van der Waals surface area contributed by atoms with Crippen LogP contribution in [0, 0.1) is 10.4 Å². The number of benzene rings is 10. The first-order valence-corrected chi connectivity index (χ1v) is 21.6. The minimum atomic E-state index is -4.66. The summed E-state index contributed by atoms with van der Waals surface area (Å²) in [5.41, 5.74) is -1.65. The number of fused-ring (bicyclic) bond motifs is 4. The number of alkyl halides is 12. The second-order valence-corrected chi connectivity index (χ2v) is 16.7. The van der Waals surface area contributed by atoms with E-state index < -0.39 is 47.0 Å². The third-order valence-electron chi connectivity index (χ3n) is 12.6. The normalized spacial score (nSPS) is 12.6. The van der Waals surface area contributed by atoms with Crippen molar-refractivity contribution in [1.82, 2.24) is 0 Å². The number of hydrogen-bond acceptors (Lipinski definition) is 0. The van der Waals surface area contributed by atoms with Gasteiger partial charge in [-0.15, -0.1) is 0 Å². The molecule has 10 rings (SSSR count). The lowest BCUT2D eigenvalue weighted by molar-refractivity contribution is -0.138. The average molecular weight is 957 g/mol. The molecule has 0 atom stereocenters. The van der Waals surface area contributed by atoms with Crippen LogP contribution in [0.15, 0.2) is 194 Å². The van der Waals surface area contributed by atoms with Gasteiger partial charge in [0.05, 0.1) is 22.3 Å². The molecule has 0 aliphatic heterocycles. The van der Waals surface area contributed by atoms with Gasteiger partial charge in [-0.25, -0.2) is 0 Å². The summed E-state index contributed by atoms with van der Waals surface area (Å²) in [5.74, 6) is 0. The smallest absolute Gasteiger partial charge is 0.166 e. The Balaban J connectivity index is 1.44. The van der Waals surface area contributed by atoms with E-state index in [-0.39, 0.29) is 0 Å². The van der Waals surface area contributed by atoms with Gasteiger partial charge in [0.15, 0.2) is 0 Å². The number of rotatable bonds is 4. The molecule has 0 nitrogen and oxygen atoms in total. The van der Waals surface area contributed by atoms with E-state index in [1.807, 2.05) is 72.8 Å². The molecule has 0 aliphatic rings. The van der Waals surface area contributed by atoms with E-state index in [4.69, 9.17) is 0 Å². The summed E-state index contributed by atoms with van der Waals surface area (Å²) in [5, 5.41) is 7.67. The third kappa shape index (κ3) is 8.20. The first-order valence-electron chi connectivity index (χ1n) is 21.6. The molecule has 0 spiro atoms. The van der Waals surface area contributed by atoms with Gasteiger partial charge in [0.25, 0.3) is 0 Å². The van der Waals surface area contributed by atoms with E-state index in [9.17, 15) is 52.7 Å². The van der Waals surface area contributed by atoms with Crippen molar-refractivity contribution >= 4 is 54.2 Å². The lowest BCUT2D eigenvalue weighted by atomic mass is 9.86. The SMILES string of the molecule is FC(F)(F)c1ccc(C(c2ccc(C(F)(F)F)cc2)=c2c3ccccc3c(=c3c4ccccc4c(=C(c4ccc(C(F)(F)F)cc4)c4ccc(C(F)(F)F)cc4)c4ccccc34)c3ccccc23)cc1. The predicted molar refractivity (Wildman–Crippen MR) is 249 cm³/mol. The van der Waals surface area contributed by atoms with E-state index in [0.29, 0.717) is 86.9 Å². The van der Waals surface area contributed by atoms with Crippen LogP contribution in [0.2, 0.25) is 0 Å². The second-order valence-electron chi connectivity index (χ2n) is 16.7. The van der Waals surface area contributed by atoms with Crippen molar-refractivity contribution in [3.8, 4) is 0 Å². The van der Waals surface area contributed by atoms with Gasteiger partial charge in [-0.1, -0.05) is 146 Å². The molecule has 0 aromatic heterocycles. The molecule has 0 heterocycles. The summed E-state index contributed by atoms with van der Waals surface area (Å²) in [4.78, 5) is 0. The van der Waals surface area contributed by atoms with Crippen LogP contribution in [-0.2, 0) is 24.7 Å². The van der Waals surface area contributed by atoms with Gasteiger partial charge < -0.3 is 0 Å². The monoisotopic (exact) mass is 956 g/mol. The Morgan fingerprint density at radius 2 is 0.386 bits per heavy atom. The maximum absolute atomic E-state index is 13.9. The second kappa shape index (κ2) is 17.0. The van der Waals surface area contributed by atoms with Crippen molar-refractivity contribution < 1.29 is 52.7 Å². The van der Waals surface area contributed by atoms with Crippen molar-refractivity contribution in [2.45, 2.75) is 24.7 Å². The molecule has 10 aromatic carbocycles. The van der Waals surface area contributed by atoms with Crippen LogP contribution in [0.3, 0.4) is 0 Å². The summed E-state index contributed by atoms with van der Waals surface area (Å²) in [6.45, 7) is 0. The first kappa shape index (κ1) is 45.9. The molecule has 0 amide bonds. The Hall–Kier alpha value is -7.86. The van der Waals surface area contributed by atoms with Gasteiger partial charge in [-0.05, 0) is 146 Å². The summed E-state index contributed by atoms with van der Waals surface area (Å²) in [6.07, 6.45) is -18.7. The van der Waals surface area contributed by atoms with Crippen molar-refractivity contribution in [3.05, 3.63) is 260 Å². The van der Waals surface area contributed by atoms with Crippen LogP contribution in [0.4, 0.5) is 52.7 Å². The molecule has 70 heavy (non-hydrogen) atoms. The topological polar surface area (TPSA) is 0 Å². The fourth-order valence-electron chi connectivity index (χ4n) is 9.55. The van der Waals surface area contributed by atoms with E-state index in [1.54, 1.807) is 24.3 Å². The van der Waals surface area contributed by atoms with Crippen LogP contribution in [-0.4, -0.2) is 0 Å². The van der Waals surface area contributed by atoms with Crippen LogP contribution in [0.25, 0.3) is 54.2 Å². The molecule has 0 saturated heterocycles. The van der Waals surface area contributed by atoms with Crippen LogP contribution >= 0.6 is 0 Å². The zero-order chi connectivity index (χ0) is 49.3. The summed E-state index contributed by atoms with van der Waals surface area (Å²) >= 11 is 0. The van der Waals surface area contributed by atoms with Crippen LogP contribution < -0.4 is 10.4 Å². The Morgan fingerprint density at radius 1 is 0.214 bits per heavy atom. The highest BCUT2D eigenvalue weighted by Crippen LogP contribution is 2.38. The standard InChI is InChI=1S/C58H32F12/c59-55(60,61)37-25-17-33(18-26-37)49(34-19-27-38(28-20-34)56(62,63)64)51-41-9-1-5-13-45(41)53(46-14-6-2-10-42(46)51)54-47-15-7-3-11-43(47)52(44-12-4-8-16-48(44)54)50(35-21-29-39(30-22-35)57(65,66)67)36-23-31-40(32-24-36)58(68,69)70/h1-32H. The molecule has 0 saturated carbocycles. The van der Waals surface area contributed by atoms with Crippen LogP contribution in [0.5, 0.6) is 0 Å². The van der Waals surface area contributed by atoms with Crippen molar-refractivity contribution in [3.63, 3.8) is 0 Å². The summed E-state index contributed by atoms with van der Waals surface area (Å²) in [7, 11) is 0. The van der Waals surface area contributed by atoms with Gasteiger partial charge in [0.1, 0.15) is 0 Å². The molecule has 0 aliphatic carbocycles. The van der Waals surface area contributed by atoms with Crippen molar-refractivity contribution in [2.24, 2.45) is 0 Å². The minimum absolute atomic E-state index is 0.311. The average Bonchev–Trinajstić information content (AvgIpc) is 3.34. The Kier molecular flexibility index (Phi) is 11.1. The molecule has 0 radical (unpaired) electrons. The molecule has 0 bridgehead atoms. The predicted octanol–water partition coefficient (Wildman–Crippen LogP) is 16.2. The fraction of sp³-hybridized carbons (Fsp3) is 0.0690.